The number of nitrogens with one attached hydrogen (secondary N) is 2. The molecule has 2 aromatic rings. The van der Waals surface area contributed by atoms with Gasteiger partial charge in [0.1, 0.15) is 5.01 Å². The number of anilines is 1. The Hall–Kier alpha value is -1.09. The van der Waals surface area contributed by atoms with Gasteiger partial charge in [-0.25, -0.2) is 0 Å². The summed E-state index contributed by atoms with van der Waals surface area (Å²) in [5, 5.41) is 15.2. The molecule has 1 aromatic carbocycles. The minimum atomic E-state index is -0.390. The van der Waals surface area contributed by atoms with Gasteiger partial charge in [0.15, 0.2) is 5.11 Å². The van der Waals surface area contributed by atoms with Crippen molar-refractivity contribution < 1.29 is 4.79 Å². The van der Waals surface area contributed by atoms with Crippen LogP contribution in [0.4, 0.5) is 5.13 Å². The predicted molar refractivity (Wildman–Crippen MR) is 92.1 cm³/mol. The zero-order valence-electron chi connectivity index (χ0n) is 10.8. The molecular weight excluding hydrogens is 396 g/mol. The standard InChI is InChI=1S/C12H10BrClN4OS2/c1-2-9-17-18-12(21-9)16-11(20)15-10(19)7-5-6(13)3-4-8(7)14/h3-5H,2H2,1H3,(H2,15,16,18,19,20). The molecule has 0 saturated heterocycles. The summed E-state index contributed by atoms with van der Waals surface area (Å²) in [7, 11) is 0. The van der Waals surface area contributed by atoms with Crippen molar-refractivity contribution in [3.05, 3.63) is 38.3 Å². The lowest BCUT2D eigenvalue weighted by Gasteiger charge is -2.08. The molecule has 0 atom stereocenters. The van der Waals surface area contributed by atoms with Gasteiger partial charge in [-0.15, -0.1) is 10.2 Å². The molecule has 2 N–H and O–H groups in total. The molecule has 1 heterocycles. The summed E-state index contributed by atoms with van der Waals surface area (Å²) >= 11 is 15.7. The topological polar surface area (TPSA) is 66.9 Å². The Morgan fingerprint density at radius 2 is 2.24 bits per heavy atom. The Labute approximate surface area is 144 Å². The summed E-state index contributed by atoms with van der Waals surface area (Å²) in [5.74, 6) is -0.390. The molecule has 0 fully saturated rings. The van der Waals surface area contributed by atoms with Crippen LogP contribution in [0.1, 0.15) is 22.3 Å². The molecule has 2 rings (SSSR count). The summed E-state index contributed by atoms with van der Waals surface area (Å²) in [6, 6.07) is 5.01. The number of rotatable bonds is 3. The number of aromatic nitrogens is 2. The van der Waals surface area contributed by atoms with E-state index >= 15 is 0 Å². The fraction of sp³-hybridized carbons (Fsp3) is 0.167. The molecule has 0 saturated carbocycles. The van der Waals surface area contributed by atoms with Crippen LogP contribution >= 0.6 is 51.1 Å². The van der Waals surface area contributed by atoms with Gasteiger partial charge in [-0.2, -0.15) is 0 Å². The van der Waals surface area contributed by atoms with Crippen molar-refractivity contribution in [3.8, 4) is 0 Å². The van der Waals surface area contributed by atoms with Crippen molar-refractivity contribution in [1.29, 1.82) is 0 Å². The highest BCUT2D eigenvalue weighted by molar-refractivity contribution is 9.10. The van der Waals surface area contributed by atoms with Crippen molar-refractivity contribution >= 4 is 67.2 Å². The first-order valence-corrected chi connectivity index (χ1v) is 8.29. The second kappa shape index (κ2) is 7.26. The van der Waals surface area contributed by atoms with Gasteiger partial charge in [0.25, 0.3) is 5.91 Å². The van der Waals surface area contributed by atoms with E-state index in [1.54, 1.807) is 18.2 Å². The summed E-state index contributed by atoms with van der Waals surface area (Å²) < 4.78 is 0.757. The number of hydrogen-bond donors (Lipinski definition) is 2. The third kappa shape index (κ3) is 4.44. The first-order chi connectivity index (χ1) is 9.99. The Kier molecular flexibility index (Phi) is 5.63. The zero-order chi connectivity index (χ0) is 15.4. The number of carbonyl (C=O) groups is 1. The van der Waals surface area contributed by atoms with E-state index in [-0.39, 0.29) is 11.0 Å². The largest absolute Gasteiger partial charge is 0.307 e. The number of nitrogens with zero attached hydrogens (tertiary/aromatic N) is 2. The molecule has 1 amide bonds. The Bertz CT molecular complexity index is 692. The van der Waals surface area contributed by atoms with E-state index in [9.17, 15) is 4.79 Å². The van der Waals surface area contributed by atoms with Crippen molar-refractivity contribution in [2.45, 2.75) is 13.3 Å². The summed E-state index contributed by atoms with van der Waals surface area (Å²) in [4.78, 5) is 12.1. The fourth-order valence-electron chi connectivity index (χ4n) is 1.42. The van der Waals surface area contributed by atoms with Crippen molar-refractivity contribution in [2.24, 2.45) is 0 Å². The van der Waals surface area contributed by atoms with Gasteiger partial charge in [-0.05, 0) is 36.8 Å². The SMILES string of the molecule is CCc1nnc(NC(=S)NC(=O)c2cc(Br)ccc2Cl)s1. The number of carbonyl (C=O) groups excluding carboxylic acids is 1. The summed E-state index contributed by atoms with van der Waals surface area (Å²) in [6.45, 7) is 1.99. The number of thiocarbonyl (C=S) groups is 1. The minimum absolute atomic E-state index is 0.148. The minimum Gasteiger partial charge on any atom is -0.307 e. The number of hydrogen-bond acceptors (Lipinski definition) is 5. The molecule has 0 unspecified atom stereocenters. The molecular formula is C12H10BrClN4OS2. The quantitative estimate of drug-likeness (QED) is 0.763. The Morgan fingerprint density at radius 3 is 2.90 bits per heavy atom. The van der Waals surface area contributed by atoms with E-state index in [2.05, 4.69) is 36.8 Å². The number of aryl methyl sites for hydroxylation is 1. The van der Waals surface area contributed by atoms with Gasteiger partial charge in [-0.1, -0.05) is 45.8 Å². The van der Waals surface area contributed by atoms with E-state index < -0.39 is 0 Å². The smallest absolute Gasteiger partial charge is 0.258 e. The maximum Gasteiger partial charge on any atom is 0.258 e. The van der Waals surface area contributed by atoms with E-state index in [4.69, 9.17) is 23.8 Å². The van der Waals surface area contributed by atoms with Crippen LogP contribution in [0, 0.1) is 0 Å². The van der Waals surface area contributed by atoms with Gasteiger partial charge in [0.05, 0.1) is 10.6 Å². The predicted octanol–water partition coefficient (Wildman–Crippen LogP) is 3.64. The summed E-state index contributed by atoms with van der Waals surface area (Å²) in [5.41, 5.74) is 0.335. The summed E-state index contributed by atoms with van der Waals surface area (Å²) in [6.07, 6.45) is 0.798. The lowest BCUT2D eigenvalue weighted by atomic mass is 10.2. The molecule has 5 nitrogen and oxygen atoms in total. The maximum absolute atomic E-state index is 12.1. The Balaban J connectivity index is 2.02. The number of benzene rings is 1. The highest BCUT2D eigenvalue weighted by atomic mass is 79.9. The second-order valence-electron chi connectivity index (χ2n) is 3.89. The lowest BCUT2D eigenvalue weighted by Crippen LogP contribution is -2.34. The molecule has 0 aliphatic rings. The van der Waals surface area contributed by atoms with Crippen molar-refractivity contribution in [3.63, 3.8) is 0 Å². The third-order valence-corrected chi connectivity index (χ3v) is 4.40. The van der Waals surface area contributed by atoms with Crippen LogP contribution in [0.15, 0.2) is 22.7 Å². The highest BCUT2D eigenvalue weighted by Crippen LogP contribution is 2.21. The van der Waals surface area contributed by atoms with E-state index in [0.29, 0.717) is 15.7 Å². The molecule has 21 heavy (non-hydrogen) atoms. The maximum atomic E-state index is 12.1. The second-order valence-corrected chi connectivity index (χ2v) is 6.68. The van der Waals surface area contributed by atoms with Gasteiger partial charge in [-0.3, -0.25) is 10.1 Å². The number of halogens is 2. The average molecular weight is 406 g/mol. The van der Waals surface area contributed by atoms with Crippen LogP contribution in [-0.2, 0) is 6.42 Å². The molecule has 0 bridgehead atoms. The van der Waals surface area contributed by atoms with E-state index in [1.165, 1.54) is 11.3 Å². The van der Waals surface area contributed by atoms with Gasteiger partial charge < -0.3 is 5.32 Å². The third-order valence-electron chi connectivity index (χ3n) is 2.39. The molecule has 9 heteroatoms. The molecule has 110 valence electrons. The van der Waals surface area contributed by atoms with Crippen LogP contribution in [-0.4, -0.2) is 21.2 Å². The lowest BCUT2D eigenvalue weighted by molar-refractivity contribution is 0.0978. The van der Waals surface area contributed by atoms with Crippen molar-refractivity contribution in [1.82, 2.24) is 15.5 Å². The van der Waals surface area contributed by atoms with Crippen molar-refractivity contribution in [2.75, 3.05) is 5.32 Å². The van der Waals surface area contributed by atoms with Gasteiger partial charge >= 0.3 is 0 Å². The first-order valence-electron chi connectivity index (χ1n) is 5.89. The molecule has 0 aliphatic heterocycles. The van der Waals surface area contributed by atoms with Crippen LogP contribution in [0.3, 0.4) is 0 Å². The van der Waals surface area contributed by atoms with Crippen LogP contribution in [0.25, 0.3) is 0 Å². The van der Waals surface area contributed by atoms with Crippen LogP contribution in [0.5, 0.6) is 0 Å². The monoisotopic (exact) mass is 404 g/mol. The normalized spacial score (nSPS) is 10.2. The Morgan fingerprint density at radius 1 is 1.48 bits per heavy atom. The van der Waals surface area contributed by atoms with Gasteiger partial charge in [0, 0.05) is 4.47 Å². The molecule has 0 aliphatic carbocycles. The highest BCUT2D eigenvalue weighted by Gasteiger charge is 2.13. The fourth-order valence-corrected chi connectivity index (χ4v) is 2.92. The molecule has 0 spiro atoms. The number of amides is 1. The first kappa shape index (κ1) is 16.3. The van der Waals surface area contributed by atoms with Gasteiger partial charge in [0.2, 0.25) is 5.13 Å². The molecule has 0 radical (unpaired) electrons. The zero-order valence-corrected chi connectivity index (χ0v) is 14.8. The average Bonchev–Trinajstić information content (AvgIpc) is 2.88. The molecule has 1 aromatic heterocycles. The van der Waals surface area contributed by atoms with E-state index in [1.807, 2.05) is 6.92 Å². The van der Waals surface area contributed by atoms with E-state index in [0.717, 1.165) is 15.9 Å². The van der Waals surface area contributed by atoms with Crippen LogP contribution in [0.2, 0.25) is 5.02 Å². The van der Waals surface area contributed by atoms with Crippen LogP contribution < -0.4 is 10.6 Å².